The predicted molar refractivity (Wildman–Crippen MR) is 66.0 cm³/mol. The number of benzene rings is 1. The lowest BCUT2D eigenvalue weighted by Gasteiger charge is -2.12. The Balaban J connectivity index is 2.94. The molecule has 0 bridgehead atoms. The Labute approximate surface area is 96.8 Å². The summed E-state index contributed by atoms with van der Waals surface area (Å²) in [6, 6.07) is 3.89. The van der Waals surface area contributed by atoms with Gasteiger partial charge in [0.05, 0.1) is 12.8 Å². The quantitative estimate of drug-likeness (QED) is 0.848. The van der Waals surface area contributed by atoms with E-state index >= 15 is 0 Å². The lowest BCUT2D eigenvalue weighted by molar-refractivity contribution is -0.116. The molecule has 0 saturated carbocycles. The molecule has 1 aromatic rings. The number of hydrogen-bond acceptors (Lipinski definition) is 2. The SMILES string of the molecule is CCCC(=O)Nc1cc(C)c(C)cc1OC. The average molecular weight is 221 g/mol. The average Bonchev–Trinajstić information content (AvgIpc) is 2.23. The molecular weight excluding hydrogens is 202 g/mol. The van der Waals surface area contributed by atoms with Crippen molar-refractivity contribution < 1.29 is 9.53 Å². The van der Waals surface area contributed by atoms with Gasteiger partial charge in [0.2, 0.25) is 5.91 Å². The van der Waals surface area contributed by atoms with Crippen molar-refractivity contribution in [3.63, 3.8) is 0 Å². The number of hydrogen-bond donors (Lipinski definition) is 1. The van der Waals surface area contributed by atoms with Gasteiger partial charge in [0.25, 0.3) is 0 Å². The fourth-order valence-corrected chi connectivity index (χ4v) is 1.50. The molecular formula is C13H19NO2. The zero-order chi connectivity index (χ0) is 12.1. The molecule has 0 atom stereocenters. The number of aryl methyl sites for hydroxylation is 2. The minimum Gasteiger partial charge on any atom is -0.495 e. The van der Waals surface area contributed by atoms with Crippen LogP contribution in [-0.4, -0.2) is 13.0 Å². The highest BCUT2D eigenvalue weighted by Crippen LogP contribution is 2.28. The summed E-state index contributed by atoms with van der Waals surface area (Å²) in [5, 5.41) is 2.87. The van der Waals surface area contributed by atoms with Gasteiger partial charge in [-0.3, -0.25) is 4.79 Å². The molecule has 0 aromatic heterocycles. The predicted octanol–water partition coefficient (Wildman–Crippen LogP) is 3.05. The van der Waals surface area contributed by atoms with E-state index in [1.54, 1.807) is 7.11 Å². The van der Waals surface area contributed by atoms with Gasteiger partial charge in [0.1, 0.15) is 5.75 Å². The number of carbonyl (C=O) groups is 1. The molecule has 0 saturated heterocycles. The van der Waals surface area contributed by atoms with Crippen molar-refractivity contribution in [2.24, 2.45) is 0 Å². The zero-order valence-electron chi connectivity index (χ0n) is 10.4. The molecule has 1 N–H and O–H groups in total. The number of carbonyl (C=O) groups excluding carboxylic acids is 1. The first-order chi connectivity index (χ1) is 7.58. The van der Waals surface area contributed by atoms with Crippen LogP contribution in [0.4, 0.5) is 5.69 Å². The molecule has 0 aliphatic rings. The Hall–Kier alpha value is -1.51. The summed E-state index contributed by atoms with van der Waals surface area (Å²) in [6.07, 6.45) is 1.38. The summed E-state index contributed by atoms with van der Waals surface area (Å²) in [5.41, 5.74) is 3.06. The summed E-state index contributed by atoms with van der Waals surface area (Å²) < 4.78 is 5.25. The number of ether oxygens (including phenoxy) is 1. The zero-order valence-corrected chi connectivity index (χ0v) is 10.4. The number of rotatable bonds is 4. The standard InChI is InChI=1S/C13H19NO2/c1-5-6-13(15)14-11-7-9(2)10(3)8-12(11)16-4/h7-8H,5-6H2,1-4H3,(H,14,15). The number of nitrogens with one attached hydrogen (secondary N) is 1. The molecule has 3 nitrogen and oxygen atoms in total. The van der Waals surface area contributed by atoms with Crippen LogP contribution in [0.15, 0.2) is 12.1 Å². The van der Waals surface area contributed by atoms with Crippen LogP contribution >= 0.6 is 0 Å². The molecule has 88 valence electrons. The highest BCUT2D eigenvalue weighted by molar-refractivity contribution is 5.92. The smallest absolute Gasteiger partial charge is 0.224 e. The first-order valence-corrected chi connectivity index (χ1v) is 5.53. The maximum Gasteiger partial charge on any atom is 0.224 e. The van der Waals surface area contributed by atoms with Gasteiger partial charge in [0.15, 0.2) is 0 Å². The van der Waals surface area contributed by atoms with E-state index in [2.05, 4.69) is 5.32 Å². The molecule has 0 radical (unpaired) electrons. The topological polar surface area (TPSA) is 38.3 Å². The van der Waals surface area contributed by atoms with E-state index in [1.807, 2.05) is 32.9 Å². The van der Waals surface area contributed by atoms with Crippen LogP contribution in [0, 0.1) is 13.8 Å². The van der Waals surface area contributed by atoms with E-state index < -0.39 is 0 Å². The van der Waals surface area contributed by atoms with Crippen molar-refractivity contribution in [2.45, 2.75) is 33.6 Å². The third-order valence-corrected chi connectivity index (χ3v) is 2.57. The molecule has 0 fully saturated rings. The van der Waals surface area contributed by atoms with Crippen molar-refractivity contribution in [1.82, 2.24) is 0 Å². The maximum atomic E-state index is 11.5. The lowest BCUT2D eigenvalue weighted by Crippen LogP contribution is -2.11. The van der Waals surface area contributed by atoms with Crippen molar-refractivity contribution in [3.05, 3.63) is 23.3 Å². The van der Waals surface area contributed by atoms with Crippen molar-refractivity contribution >= 4 is 11.6 Å². The van der Waals surface area contributed by atoms with E-state index in [0.29, 0.717) is 12.2 Å². The third-order valence-electron chi connectivity index (χ3n) is 2.57. The Morgan fingerprint density at radius 1 is 1.31 bits per heavy atom. The molecule has 1 aromatic carbocycles. The van der Waals surface area contributed by atoms with Gasteiger partial charge in [-0.25, -0.2) is 0 Å². The lowest BCUT2D eigenvalue weighted by atomic mass is 10.1. The fraction of sp³-hybridized carbons (Fsp3) is 0.462. The van der Waals surface area contributed by atoms with E-state index in [4.69, 9.17) is 4.74 Å². The molecule has 1 amide bonds. The largest absolute Gasteiger partial charge is 0.495 e. The van der Waals surface area contributed by atoms with Crippen molar-refractivity contribution in [1.29, 1.82) is 0 Å². The molecule has 0 unspecified atom stereocenters. The van der Waals surface area contributed by atoms with Crippen LogP contribution in [-0.2, 0) is 4.79 Å². The molecule has 0 spiro atoms. The second-order valence-electron chi connectivity index (χ2n) is 3.93. The van der Waals surface area contributed by atoms with E-state index in [0.717, 1.165) is 23.2 Å². The number of methoxy groups -OCH3 is 1. The summed E-state index contributed by atoms with van der Waals surface area (Å²) in [4.78, 5) is 11.5. The monoisotopic (exact) mass is 221 g/mol. The first-order valence-electron chi connectivity index (χ1n) is 5.53. The minimum atomic E-state index is 0.0315. The normalized spacial score (nSPS) is 10.0. The molecule has 1 rings (SSSR count). The van der Waals surface area contributed by atoms with E-state index in [1.165, 1.54) is 0 Å². The Bertz CT molecular complexity index is 386. The van der Waals surface area contributed by atoms with Crippen molar-refractivity contribution in [2.75, 3.05) is 12.4 Å². The second kappa shape index (κ2) is 5.54. The van der Waals surface area contributed by atoms with Crippen LogP contribution in [0.1, 0.15) is 30.9 Å². The molecule has 0 aliphatic carbocycles. The van der Waals surface area contributed by atoms with Crippen LogP contribution in [0.3, 0.4) is 0 Å². The Morgan fingerprint density at radius 3 is 2.50 bits per heavy atom. The maximum absolute atomic E-state index is 11.5. The summed E-state index contributed by atoms with van der Waals surface area (Å²) in [7, 11) is 1.61. The van der Waals surface area contributed by atoms with E-state index in [9.17, 15) is 4.79 Å². The molecule has 3 heteroatoms. The Morgan fingerprint density at radius 2 is 1.94 bits per heavy atom. The summed E-state index contributed by atoms with van der Waals surface area (Å²) in [6.45, 7) is 6.02. The van der Waals surface area contributed by atoms with Gasteiger partial charge in [-0.05, 0) is 43.5 Å². The van der Waals surface area contributed by atoms with Crippen molar-refractivity contribution in [3.8, 4) is 5.75 Å². The first kappa shape index (κ1) is 12.6. The molecule has 0 heterocycles. The van der Waals surface area contributed by atoms with Gasteiger partial charge < -0.3 is 10.1 Å². The van der Waals surface area contributed by atoms with Crippen LogP contribution < -0.4 is 10.1 Å². The van der Waals surface area contributed by atoms with Crippen LogP contribution in [0.5, 0.6) is 5.75 Å². The number of amides is 1. The van der Waals surface area contributed by atoms with E-state index in [-0.39, 0.29) is 5.91 Å². The highest BCUT2D eigenvalue weighted by Gasteiger charge is 2.08. The highest BCUT2D eigenvalue weighted by atomic mass is 16.5. The van der Waals surface area contributed by atoms with Crippen LogP contribution in [0.25, 0.3) is 0 Å². The third kappa shape index (κ3) is 2.99. The van der Waals surface area contributed by atoms with Gasteiger partial charge in [-0.15, -0.1) is 0 Å². The fourth-order valence-electron chi connectivity index (χ4n) is 1.50. The molecule has 0 aliphatic heterocycles. The van der Waals surface area contributed by atoms with Gasteiger partial charge in [-0.1, -0.05) is 6.92 Å². The minimum absolute atomic E-state index is 0.0315. The van der Waals surface area contributed by atoms with Gasteiger partial charge >= 0.3 is 0 Å². The Kier molecular flexibility index (Phi) is 4.35. The van der Waals surface area contributed by atoms with Gasteiger partial charge in [-0.2, -0.15) is 0 Å². The molecule has 16 heavy (non-hydrogen) atoms. The summed E-state index contributed by atoms with van der Waals surface area (Å²) >= 11 is 0. The van der Waals surface area contributed by atoms with Gasteiger partial charge in [0, 0.05) is 6.42 Å². The second-order valence-corrected chi connectivity index (χ2v) is 3.93. The number of anilines is 1. The summed E-state index contributed by atoms with van der Waals surface area (Å²) in [5.74, 6) is 0.747. The van der Waals surface area contributed by atoms with Crippen LogP contribution in [0.2, 0.25) is 0 Å².